The molecule has 8 atom stereocenters. The second-order valence-corrected chi connectivity index (χ2v) is 12.2. The lowest BCUT2D eigenvalue weighted by atomic mass is 9.50. The van der Waals surface area contributed by atoms with Crippen molar-refractivity contribution in [2.24, 2.45) is 29.1 Å². The first-order valence-corrected chi connectivity index (χ1v) is 13.4. The van der Waals surface area contributed by atoms with E-state index in [-0.39, 0.29) is 11.7 Å². The molecule has 0 unspecified atom stereocenters. The second-order valence-electron chi connectivity index (χ2n) is 10.9. The summed E-state index contributed by atoms with van der Waals surface area (Å²) in [5.74, 6) is 1.59. The molecular formula is C27H30FIO4. The van der Waals surface area contributed by atoms with E-state index in [1.807, 2.05) is 30.3 Å². The zero-order valence-corrected chi connectivity index (χ0v) is 21.1. The number of ketones is 2. The summed E-state index contributed by atoms with van der Waals surface area (Å²) < 4.78 is 28.1. The average molecular weight is 564 g/mol. The summed E-state index contributed by atoms with van der Waals surface area (Å²) in [5.41, 5.74) is 0.564. The van der Waals surface area contributed by atoms with E-state index < -0.39 is 35.9 Å². The van der Waals surface area contributed by atoms with Crippen LogP contribution in [0.15, 0.2) is 35.9 Å². The maximum absolute atomic E-state index is 14.0. The number of Topliss-reactive ketones (excluding diaryl/α,β-unsaturated/α-hetero) is 1. The Labute approximate surface area is 207 Å². The van der Waals surface area contributed by atoms with Crippen LogP contribution in [-0.4, -0.2) is 29.9 Å². The number of benzene rings is 1. The highest BCUT2D eigenvalue weighted by molar-refractivity contribution is 14.1. The molecule has 4 fully saturated rings. The highest BCUT2D eigenvalue weighted by Crippen LogP contribution is 2.69. The van der Waals surface area contributed by atoms with Crippen LogP contribution in [0, 0.1) is 32.7 Å². The van der Waals surface area contributed by atoms with Gasteiger partial charge in [-0.25, -0.2) is 4.39 Å². The summed E-state index contributed by atoms with van der Waals surface area (Å²) in [5, 5.41) is 0. The van der Waals surface area contributed by atoms with Crippen LogP contribution < -0.4 is 0 Å². The number of hydrogen-bond acceptors (Lipinski definition) is 4. The topological polar surface area (TPSA) is 52.6 Å². The highest BCUT2D eigenvalue weighted by Gasteiger charge is 2.74. The van der Waals surface area contributed by atoms with Gasteiger partial charge in [-0.3, -0.25) is 9.59 Å². The van der Waals surface area contributed by atoms with Gasteiger partial charge in [-0.05, 0) is 103 Å². The van der Waals surface area contributed by atoms with Crippen LogP contribution in [0.4, 0.5) is 4.39 Å². The Kier molecular flexibility index (Phi) is 5.39. The number of allylic oxidation sites excluding steroid dienone is 1. The molecule has 0 N–H and O–H groups in total. The van der Waals surface area contributed by atoms with Gasteiger partial charge in [0.15, 0.2) is 30.1 Å². The van der Waals surface area contributed by atoms with Gasteiger partial charge in [0.2, 0.25) is 0 Å². The third kappa shape index (κ3) is 3.12. The number of rotatable bonds is 3. The first-order chi connectivity index (χ1) is 15.9. The Morgan fingerprint density at radius 1 is 1.15 bits per heavy atom. The van der Waals surface area contributed by atoms with Crippen molar-refractivity contribution in [2.45, 2.75) is 69.9 Å². The summed E-state index contributed by atoms with van der Waals surface area (Å²) in [6.07, 6.45) is 7.04. The number of hydrogen-bond donors (Lipinski definition) is 0. The van der Waals surface area contributed by atoms with E-state index in [1.165, 1.54) is 5.57 Å². The lowest BCUT2D eigenvalue weighted by molar-refractivity contribution is -0.184. The van der Waals surface area contributed by atoms with E-state index in [0.717, 1.165) is 47.7 Å². The summed E-state index contributed by atoms with van der Waals surface area (Å²) in [6.45, 7) is 1.14. The molecule has 5 aliphatic rings. The molecule has 3 saturated carbocycles. The fraction of sp³-hybridized carbons (Fsp3) is 0.630. The Morgan fingerprint density at radius 3 is 2.70 bits per heavy atom. The lowest BCUT2D eigenvalue weighted by Crippen LogP contribution is -2.59. The quantitative estimate of drug-likeness (QED) is 0.440. The molecule has 176 valence electrons. The van der Waals surface area contributed by atoms with Gasteiger partial charge >= 0.3 is 0 Å². The monoisotopic (exact) mass is 564 g/mol. The van der Waals surface area contributed by atoms with Crippen molar-refractivity contribution in [1.82, 2.24) is 0 Å². The molecule has 1 aromatic carbocycles. The zero-order chi connectivity index (χ0) is 23.0. The summed E-state index contributed by atoms with van der Waals surface area (Å²) in [6, 6.07) is 7.94. The zero-order valence-electron chi connectivity index (χ0n) is 18.9. The predicted octanol–water partition coefficient (Wildman–Crippen LogP) is 5.73. The second kappa shape index (κ2) is 7.95. The number of halogens is 2. The van der Waals surface area contributed by atoms with Crippen LogP contribution in [0.3, 0.4) is 0 Å². The van der Waals surface area contributed by atoms with Crippen LogP contribution in [0.2, 0.25) is 0 Å². The Bertz CT molecular complexity index is 1020. The molecule has 6 rings (SSSR count). The maximum Gasteiger partial charge on any atom is 0.198 e. The van der Waals surface area contributed by atoms with Gasteiger partial charge in [-0.2, -0.15) is 0 Å². The van der Waals surface area contributed by atoms with Crippen LogP contribution in [0.25, 0.3) is 0 Å². The van der Waals surface area contributed by atoms with E-state index in [4.69, 9.17) is 9.47 Å². The molecule has 1 aromatic rings. The smallest absolute Gasteiger partial charge is 0.198 e. The Hall–Kier alpha value is -1.12. The minimum atomic E-state index is -1.22. The fourth-order valence-electron chi connectivity index (χ4n) is 8.30. The van der Waals surface area contributed by atoms with Crippen molar-refractivity contribution >= 4 is 34.2 Å². The molecule has 1 aliphatic heterocycles. The van der Waals surface area contributed by atoms with Gasteiger partial charge < -0.3 is 9.47 Å². The van der Waals surface area contributed by atoms with Crippen LogP contribution in [0.5, 0.6) is 0 Å². The maximum atomic E-state index is 14.0. The fourth-order valence-corrected chi connectivity index (χ4v) is 8.66. The molecule has 0 aromatic heterocycles. The first kappa shape index (κ1) is 22.4. The molecule has 0 radical (unpaired) electrons. The van der Waals surface area contributed by atoms with Crippen LogP contribution in [-0.2, 0) is 19.1 Å². The average Bonchev–Trinajstić information content (AvgIpc) is 3.31. The minimum Gasteiger partial charge on any atom is -0.342 e. The molecule has 1 saturated heterocycles. The van der Waals surface area contributed by atoms with Crippen molar-refractivity contribution in [3.8, 4) is 0 Å². The van der Waals surface area contributed by atoms with Gasteiger partial charge in [0.05, 0.1) is 6.10 Å². The Balaban J connectivity index is 1.34. The third-order valence-electron chi connectivity index (χ3n) is 9.72. The van der Waals surface area contributed by atoms with E-state index in [1.54, 1.807) is 0 Å². The molecule has 0 spiro atoms. The summed E-state index contributed by atoms with van der Waals surface area (Å²) >= 11 is 2.26. The number of carbonyl (C=O) groups excluding carboxylic acids is 2. The van der Waals surface area contributed by atoms with Crippen LogP contribution >= 0.6 is 22.6 Å². The SMILES string of the molecule is C[C@]12CC[C@H]3[C@@H](CCC4=CC(=O)CC[C@@H]43)[C@@H]1C[C@H]1O[C@@H](c3ccc(I)cc3)O[C@]12C(=O)CF. The third-order valence-corrected chi connectivity index (χ3v) is 10.4. The van der Waals surface area contributed by atoms with Crippen molar-refractivity contribution in [2.75, 3.05) is 6.67 Å². The molecule has 6 heteroatoms. The van der Waals surface area contributed by atoms with Crippen molar-refractivity contribution < 1.29 is 23.5 Å². The van der Waals surface area contributed by atoms with Gasteiger partial charge in [-0.15, -0.1) is 0 Å². The number of ether oxygens (including phenoxy) is 2. The van der Waals surface area contributed by atoms with Gasteiger partial charge in [0, 0.05) is 21.0 Å². The van der Waals surface area contributed by atoms with Gasteiger partial charge in [0.1, 0.15) is 0 Å². The first-order valence-electron chi connectivity index (χ1n) is 12.3. The van der Waals surface area contributed by atoms with Gasteiger partial charge in [0.25, 0.3) is 0 Å². The summed E-state index contributed by atoms with van der Waals surface area (Å²) in [7, 11) is 0. The number of fused-ring (bicyclic) bond motifs is 7. The van der Waals surface area contributed by atoms with Crippen molar-refractivity contribution in [1.29, 1.82) is 0 Å². The predicted molar refractivity (Wildman–Crippen MR) is 129 cm³/mol. The van der Waals surface area contributed by atoms with E-state index in [0.29, 0.717) is 24.2 Å². The lowest BCUT2D eigenvalue weighted by Gasteiger charge is -2.55. The normalized spacial score (nSPS) is 43.8. The van der Waals surface area contributed by atoms with Crippen molar-refractivity contribution in [3.63, 3.8) is 0 Å². The van der Waals surface area contributed by atoms with Crippen LogP contribution in [0.1, 0.15) is 63.7 Å². The molecule has 1 heterocycles. The van der Waals surface area contributed by atoms with E-state index >= 15 is 0 Å². The number of alkyl halides is 1. The molecule has 0 bridgehead atoms. The molecule has 4 aliphatic carbocycles. The molecule has 4 nitrogen and oxygen atoms in total. The largest absolute Gasteiger partial charge is 0.342 e. The summed E-state index contributed by atoms with van der Waals surface area (Å²) in [4.78, 5) is 25.3. The van der Waals surface area contributed by atoms with Crippen molar-refractivity contribution in [3.05, 3.63) is 45.0 Å². The van der Waals surface area contributed by atoms with Gasteiger partial charge in [-0.1, -0.05) is 24.6 Å². The standard InChI is InChI=1S/C27H30FIO4/c1-26-11-10-20-19-9-7-18(30)12-16(19)4-8-21(20)22(26)13-24-27(26,23(31)14-28)33-25(32-24)15-2-5-17(29)6-3-15/h2-3,5-6,12,19-22,24-25H,4,7-11,13-14H2,1H3/t19-,20+,21+,22-,24+,25+,26-,27+/m0/s1. The Morgan fingerprint density at radius 2 is 1.94 bits per heavy atom. The minimum absolute atomic E-state index is 0.270. The molecular weight excluding hydrogens is 534 g/mol. The highest BCUT2D eigenvalue weighted by atomic mass is 127. The number of carbonyl (C=O) groups is 2. The van der Waals surface area contributed by atoms with E-state index in [2.05, 4.69) is 29.5 Å². The van der Waals surface area contributed by atoms with E-state index in [9.17, 15) is 14.0 Å². The molecule has 33 heavy (non-hydrogen) atoms. The molecule has 0 amide bonds.